The lowest BCUT2D eigenvalue weighted by Crippen LogP contribution is -2.18. The minimum Gasteiger partial charge on any atom is -0.350 e. The second-order valence-electron chi connectivity index (χ2n) is 6.26. The Kier molecular flexibility index (Phi) is 5.54. The number of carbonyl (C=O) groups excluding carboxylic acids is 2. The summed E-state index contributed by atoms with van der Waals surface area (Å²) in [7, 11) is 0. The predicted molar refractivity (Wildman–Crippen MR) is 114 cm³/mol. The summed E-state index contributed by atoms with van der Waals surface area (Å²) in [5.41, 5.74) is 1.97. The molecule has 8 heteroatoms. The maximum Gasteiger partial charge on any atom is 0.294 e. The van der Waals surface area contributed by atoms with E-state index in [9.17, 15) is 9.59 Å². The van der Waals surface area contributed by atoms with Gasteiger partial charge in [-0.15, -0.1) is 0 Å². The number of aromatic nitrogens is 2. The zero-order chi connectivity index (χ0) is 20.9. The molecule has 0 aliphatic carbocycles. The summed E-state index contributed by atoms with van der Waals surface area (Å²) in [6.07, 6.45) is 1.43. The molecule has 0 aliphatic rings. The number of para-hydroxylation sites is 1. The fourth-order valence-corrected chi connectivity index (χ4v) is 2.85. The standard InChI is InChI=1S/C22H15ClN4O3/c23-15-10-11-20(24-13-15)26-21(28)16-8-4-5-9-17(16)25-22(29)19-12-18(27-30-19)14-6-2-1-3-7-14/h1-13H,(H,25,29)(H,24,26,28). The van der Waals surface area contributed by atoms with Crippen molar-refractivity contribution in [1.82, 2.24) is 10.1 Å². The molecule has 0 aliphatic heterocycles. The van der Waals surface area contributed by atoms with Gasteiger partial charge in [-0.1, -0.05) is 59.2 Å². The molecule has 0 saturated heterocycles. The zero-order valence-corrected chi connectivity index (χ0v) is 16.3. The summed E-state index contributed by atoms with van der Waals surface area (Å²) in [6.45, 7) is 0. The van der Waals surface area contributed by atoms with Gasteiger partial charge in [0.05, 0.1) is 16.3 Å². The maximum atomic E-state index is 12.7. The van der Waals surface area contributed by atoms with E-state index in [-0.39, 0.29) is 11.3 Å². The lowest BCUT2D eigenvalue weighted by atomic mass is 10.1. The number of nitrogens with zero attached hydrogens (tertiary/aromatic N) is 2. The summed E-state index contributed by atoms with van der Waals surface area (Å²) in [6, 6.07) is 20.7. The van der Waals surface area contributed by atoms with Gasteiger partial charge in [-0.3, -0.25) is 9.59 Å². The summed E-state index contributed by atoms with van der Waals surface area (Å²) in [5.74, 6) is -0.575. The largest absolute Gasteiger partial charge is 0.350 e. The number of hydrogen-bond acceptors (Lipinski definition) is 5. The van der Waals surface area contributed by atoms with Gasteiger partial charge < -0.3 is 15.2 Å². The van der Waals surface area contributed by atoms with Gasteiger partial charge in [0.1, 0.15) is 11.5 Å². The molecule has 0 radical (unpaired) electrons. The topological polar surface area (TPSA) is 97.1 Å². The fourth-order valence-electron chi connectivity index (χ4n) is 2.73. The second kappa shape index (κ2) is 8.59. The van der Waals surface area contributed by atoms with Crippen LogP contribution in [0.4, 0.5) is 11.5 Å². The van der Waals surface area contributed by atoms with E-state index in [1.54, 1.807) is 42.5 Å². The maximum absolute atomic E-state index is 12.7. The average molecular weight is 419 g/mol. The molecule has 4 rings (SSSR count). The van der Waals surface area contributed by atoms with Crippen molar-refractivity contribution in [3.63, 3.8) is 0 Å². The molecule has 4 aromatic rings. The van der Waals surface area contributed by atoms with Crippen molar-refractivity contribution in [3.05, 3.63) is 95.3 Å². The van der Waals surface area contributed by atoms with E-state index in [1.165, 1.54) is 6.20 Å². The first-order valence-corrected chi connectivity index (χ1v) is 9.33. The number of pyridine rings is 1. The third kappa shape index (κ3) is 4.37. The van der Waals surface area contributed by atoms with Crippen molar-refractivity contribution in [2.45, 2.75) is 0 Å². The van der Waals surface area contributed by atoms with Crippen molar-refractivity contribution < 1.29 is 14.1 Å². The van der Waals surface area contributed by atoms with Crippen LogP contribution in [0.2, 0.25) is 5.02 Å². The lowest BCUT2D eigenvalue weighted by molar-refractivity contribution is 0.0988. The van der Waals surface area contributed by atoms with Gasteiger partial charge in [0.25, 0.3) is 11.8 Å². The highest BCUT2D eigenvalue weighted by Gasteiger charge is 2.18. The Hall–Kier alpha value is -3.97. The number of hydrogen-bond donors (Lipinski definition) is 2. The Morgan fingerprint density at radius 3 is 2.40 bits per heavy atom. The molecule has 2 amide bonds. The molecule has 148 valence electrons. The van der Waals surface area contributed by atoms with E-state index >= 15 is 0 Å². The van der Waals surface area contributed by atoms with Crippen LogP contribution in [-0.4, -0.2) is 22.0 Å². The van der Waals surface area contributed by atoms with Crippen LogP contribution in [-0.2, 0) is 0 Å². The first-order chi connectivity index (χ1) is 14.6. The molecule has 2 heterocycles. The molecule has 30 heavy (non-hydrogen) atoms. The number of carbonyl (C=O) groups is 2. The smallest absolute Gasteiger partial charge is 0.294 e. The number of nitrogens with one attached hydrogen (secondary N) is 2. The highest BCUT2D eigenvalue weighted by molar-refractivity contribution is 6.30. The Balaban J connectivity index is 1.51. The molecule has 0 spiro atoms. The predicted octanol–water partition coefficient (Wildman–Crippen LogP) is 4.89. The van der Waals surface area contributed by atoms with Crippen LogP contribution >= 0.6 is 11.6 Å². The molecule has 0 bridgehead atoms. The van der Waals surface area contributed by atoms with Crippen molar-refractivity contribution >= 4 is 34.9 Å². The SMILES string of the molecule is O=C(Nc1ccccc1C(=O)Nc1ccc(Cl)cn1)c1cc(-c2ccccc2)no1. The first-order valence-electron chi connectivity index (χ1n) is 8.95. The summed E-state index contributed by atoms with van der Waals surface area (Å²) >= 11 is 5.81. The normalized spacial score (nSPS) is 10.4. The van der Waals surface area contributed by atoms with Crippen LogP contribution in [0.1, 0.15) is 20.9 Å². The second-order valence-corrected chi connectivity index (χ2v) is 6.69. The Labute approximate surface area is 176 Å². The third-order valence-corrected chi connectivity index (χ3v) is 4.42. The first kappa shape index (κ1) is 19.4. The van der Waals surface area contributed by atoms with E-state index in [1.807, 2.05) is 30.3 Å². The molecule has 0 fully saturated rings. The van der Waals surface area contributed by atoms with Crippen molar-refractivity contribution in [2.24, 2.45) is 0 Å². The van der Waals surface area contributed by atoms with E-state index in [2.05, 4.69) is 20.8 Å². The van der Waals surface area contributed by atoms with Gasteiger partial charge in [0.15, 0.2) is 0 Å². The Morgan fingerprint density at radius 1 is 0.867 bits per heavy atom. The van der Waals surface area contributed by atoms with Crippen LogP contribution in [0.25, 0.3) is 11.3 Å². The minimum absolute atomic E-state index is 0.0310. The summed E-state index contributed by atoms with van der Waals surface area (Å²) < 4.78 is 5.18. The number of halogens is 1. The van der Waals surface area contributed by atoms with Gasteiger partial charge in [0.2, 0.25) is 5.76 Å². The van der Waals surface area contributed by atoms with Gasteiger partial charge in [-0.25, -0.2) is 4.98 Å². The van der Waals surface area contributed by atoms with E-state index in [0.29, 0.717) is 22.2 Å². The van der Waals surface area contributed by atoms with Crippen LogP contribution in [0.3, 0.4) is 0 Å². The van der Waals surface area contributed by atoms with E-state index in [0.717, 1.165) is 5.56 Å². The Bertz CT molecular complexity index is 1190. The monoisotopic (exact) mass is 418 g/mol. The quantitative estimate of drug-likeness (QED) is 0.480. The summed E-state index contributed by atoms with van der Waals surface area (Å²) in [5, 5.41) is 9.76. The third-order valence-electron chi connectivity index (χ3n) is 4.19. The molecule has 2 aromatic carbocycles. The molecule has 2 N–H and O–H groups in total. The van der Waals surface area contributed by atoms with Crippen LogP contribution in [0, 0.1) is 0 Å². The van der Waals surface area contributed by atoms with Crippen molar-refractivity contribution in [2.75, 3.05) is 10.6 Å². The number of anilines is 2. The molecule has 0 unspecified atom stereocenters. The average Bonchev–Trinajstić information content (AvgIpc) is 3.27. The molecular weight excluding hydrogens is 404 g/mol. The fraction of sp³-hybridized carbons (Fsp3) is 0. The lowest BCUT2D eigenvalue weighted by Gasteiger charge is -2.10. The van der Waals surface area contributed by atoms with Crippen molar-refractivity contribution in [1.29, 1.82) is 0 Å². The van der Waals surface area contributed by atoms with Gasteiger partial charge in [-0.2, -0.15) is 0 Å². The molecule has 7 nitrogen and oxygen atoms in total. The summed E-state index contributed by atoms with van der Waals surface area (Å²) in [4.78, 5) is 29.3. The molecular formula is C22H15ClN4O3. The number of rotatable bonds is 5. The van der Waals surface area contributed by atoms with Crippen LogP contribution < -0.4 is 10.6 Å². The highest BCUT2D eigenvalue weighted by Crippen LogP contribution is 2.21. The van der Waals surface area contributed by atoms with Gasteiger partial charge in [0, 0.05) is 17.8 Å². The Morgan fingerprint density at radius 2 is 1.63 bits per heavy atom. The van der Waals surface area contributed by atoms with Gasteiger partial charge in [-0.05, 0) is 24.3 Å². The number of benzene rings is 2. The van der Waals surface area contributed by atoms with Crippen LogP contribution in [0.15, 0.2) is 83.5 Å². The minimum atomic E-state index is -0.519. The highest BCUT2D eigenvalue weighted by atomic mass is 35.5. The van der Waals surface area contributed by atoms with Gasteiger partial charge >= 0.3 is 0 Å². The van der Waals surface area contributed by atoms with Crippen LogP contribution in [0.5, 0.6) is 0 Å². The van der Waals surface area contributed by atoms with E-state index < -0.39 is 11.8 Å². The molecule has 2 aromatic heterocycles. The van der Waals surface area contributed by atoms with Crippen molar-refractivity contribution in [3.8, 4) is 11.3 Å². The molecule has 0 atom stereocenters. The molecule has 0 saturated carbocycles. The van der Waals surface area contributed by atoms with E-state index in [4.69, 9.17) is 16.1 Å². The zero-order valence-electron chi connectivity index (χ0n) is 15.5. The number of amides is 2.